The monoisotopic (exact) mass is 228 g/mol. The summed E-state index contributed by atoms with van der Waals surface area (Å²) in [4.78, 5) is 11.7. The van der Waals surface area contributed by atoms with Gasteiger partial charge in [-0.1, -0.05) is 6.42 Å². The number of hydrogen-bond donors (Lipinski definition) is 2. The van der Waals surface area contributed by atoms with E-state index in [1.165, 1.54) is 12.8 Å². The third-order valence-electron chi connectivity index (χ3n) is 3.45. The summed E-state index contributed by atoms with van der Waals surface area (Å²) in [6.45, 7) is 0.996. The maximum absolute atomic E-state index is 11.7. The number of thioether (sulfide) groups is 1. The van der Waals surface area contributed by atoms with Gasteiger partial charge in [-0.3, -0.25) is 4.79 Å². The Kier molecular flexibility index (Phi) is 3.92. The van der Waals surface area contributed by atoms with Crippen molar-refractivity contribution >= 4 is 17.7 Å². The van der Waals surface area contributed by atoms with Crippen LogP contribution in [-0.2, 0) is 4.79 Å². The molecule has 2 fully saturated rings. The lowest BCUT2D eigenvalue weighted by atomic mass is 9.94. The van der Waals surface area contributed by atoms with Gasteiger partial charge in [0.05, 0.1) is 6.04 Å². The largest absolute Gasteiger partial charge is 0.352 e. The maximum Gasteiger partial charge on any atom is 0.237 e. The summed E-state index contributed by atoms with van der Waals surface area (Å²) >= 11 is 1.94. The SMILES string of the molecule is CSC1CCCC(NC(=O)[C@H]2CCN2)C1. The van der Waals surface area contributed by atoms with E-state index in [0.717, 1.165) is 31.1 Å². The predicted molar refractivity (Wildman–Crippen MR) is 64.1 cm³/mol. The first kappa shape index (κ1) is 11.3. The summed E-state index contributed by atoms with van der Waals surface area (Å²) < 4.78 is 0. The molecule has 15 heavy (non-hydrogen) atoms. The highest BCUT2D eigenvalue weighted by Gasteiger charge is 2.28. The second-order valence-corrected chi connectivity index (χ2v) is 5.66. The molecule has 1 aliphatic carbocycles. The molecule has 4 heteroatoms. The lowest BCUT2D eigenvalue weighted by Gasteiger charge is -2.32. The molecule has 0 radical (unpaired) electrons. The van der Waals surface area contributed by atoms with Gasteiger partial charge in [0.2, 0.25) is 5.91 Å². The molecule has 0 spiro atoms. The van der Waals surface area contributed by atoms with Gasteiger partial charge in [-0.05, 0) is 38.5 Å². The number of carbonyl (C=O) groups excluding carboxylic acids is 1. The average molecular weight is 228 g/mol. The zero-order valence-corrected chi connectivity index (χ0v) is 10.1. The Balaban J connectivity index is 1.75. The molecule has 3 nitrogen and oxygen atoms in total. The van der Waals surface area contributed by atoms with Crippen LogP contribution in [0.1, 0.15) is 32.1 Å². The maximum atomic E-state index is 11.7. The molecule has 1 saturated carbocycles. The number of nitrogens with one attached hydrogen (secondary N) is 2. The van der Waals surface area contributed by atoms with Gasteiger partial charge < -0.3 is 10.6 Å². The quantitative estimate of drug-likeness (QED) is 0.761. The number of carbonyl (C=O) groups is 1. The van der Waals surface area contributed by atoms with E-state index < -0.39 is 0 Å². The van der Waals surface area contributed by atoms with E-state index in [0.29, 0.717) is 6.04 Å². The minimum absolute atomic E-state index is 0.0969. The Morgan fingerprint density at radius 2 is 2.20 bits per heavy atom. The highest BCUT2D eigenvalue weighted by atomic mass is 32.2. The van der Waals surface area contributed by atoms with Gasteiger partial charge in [-0.15, -0.1) is 0 Å². The first-order valence-corrected chi connectivity index (χ1v) is 7.15. The second kappa shape index (κ2) is 5.21. The molecule has 2 rings (SSSR count). The van der Waals surface area contributed by atoms with Crippen LogP contribution in [0, 0.1) is 0 Å². The highest BCUT2D eigenvalue weighted by molar-refractivity contribution is 7.99. The van der Waals surface area contributed by atoms with Crippen molar-refractivity contribution in [2.75, 3.05) is 12.8 Å². The summed E-state index contributed by atoms with van der Waals surface area (Å²) in [7, 11) is 0. The van der Waals surface area contributed by atoms with E-state index in [1.54, 1.807) is 0 Å². The van der Waals surface area contributed by atoms with Crippen LogP contribution in [0.5, 0.6) is 0 Å². The Morgan fingerprint density at radius 3 is 2.80 bits per heavy atom. The first-order valence-electron chi connectivity index (χ1n) is 5.86. The van der Waals surface area contributed by atoms with Crippen molar-refractivity contribution in [3.05, 3.63) is 0 Å². The minimum atomic E-state index is 0.0969. The molecule has 1 saturated heterocycles. The minimum Gasteiger partial charge on any atom is -0.352 e. The topological polar surface area (TPSA) is 41.1 Å². The summed E-state index contributed by atoms with van der Waals surface area (Å²) in [6, 6.07) is 0.519. The van der Waals surface area contributed by atoms with Gasteiger partial charge in [-0.25, -0.2) is 0 Å². The molecule has 0 aromatic rings. The average Bonchev–Trinajstić information content (AvgIpc) is 2.15. The van der Waals surface area contributed by atoms with Crippen molar-refractivity contribution in [3.8, 4) is 0 Å². The third-order valence-corrected chi connectivity index (χ3v) is 4.54. The van der Waals surface area contributed by atoms with E-state index in [9.17, 15) is 4.79 Å². The Hall–Kier alpha value is -0.220. The smallest absolute Gasteiger partial charge is 0.237 e. The summed E-state index contributed by atoms with van der Waals surface area (Å²) in [5.74, 6) is 0.216. The molecule has 86 valence electrons. The molecule has 3 atom stereocenters. The molecule has 0 aromatic heterocycles. The van der Waals surface area contributed by atoms with Crippen LogP contribution >= 0.6 is 11.8 Å². The molecular formula is C11H20N2OS. The van der Waals surface area contributed by atoms with Crippen molar-refractivity contribution in [1.29, 1.82) is 0 Å². The summed E-state index contributed by atoms with van der Waals surface area (Å²) in [5.41, 5.74) is 0. The fourth-order valence-corrected chi connectivity index (χ4v) is 3.13. The predicted octanol–water partition coefficient (Wildman–Crippen LogP) is 1.14. The van der Waals surface area contributed by atoms with Crippen LogP contribution in [-0.4, -0.2) is 36.0 Å². The zero-order valence-electron chi connectivity index (χ0n) is 9.29. The zero-order chi connectivity index (χ0) is 10.7. The molecule has 2 aliphatic rings. The number of hydrogen-bond acceptors (Lipinski definition) is 3. The summed E-state index contributed by atoms with van der Waals surface area (Å²) in [6.07, 6.45) is 8.06. The van der Waals surface area contributed by atoms with Crippen molar-refractivity contribution in [1.82, 2.24) is 10.6 Å². The fourth-order valence-electron chi connectivity index (χ4n) is 2.30. The van der Waals surface area contributed by atoms with E-state index in [1.807, 2.05) is 11.8 Å². The lowest BCUT2D eigenvalue weighted by molar-refractivity contribution is -0.125. The van der Waals surface area contributed by atoms with Gasteiger partial charge in [0.25, 0.3) is 0 Å². The normalized spacial score (nSPS) is 35.7. The first-order chi connectivity index (χ1) is 7.29. The van der Waals surface area contributed by atoms with Gasteiger partial charge in [0, 0.05) is 11.3 Å². The second-order valence-electron chi connectivity index (χ2n) is 4.53. The molecule has 2 N–H and O–H groups in total. The number of amides is 1. The van der Waals surface area contributed by atoms with Crippen molar-refractivity contribution in [3.63, 3.8) is 0 Å². The van der Waals surface area contributed by atoms with Gasteiger partial charge in [0.1, 0.15) is 0 Å². The third kappa shape index (κ3) is 2.88. The molecule has 1 aliphatic heterocycles. The lowest BCUT2D eigenvalue weighted by Crippen LogP contribution is -2.55. The highest BCUT2D eigenvalue weighted by Crippen LogP contribution is 2.26. The van der Waals surface area contributed by atoms with Crippen LogP contribution in [0.15, 0.2) is 0 Å². The Morgan fingerprint density at radius 1 is 1.40 bits per heavy atom. The molecule has 2 unspecified atom stereocenters. The van der Waals surface area contributed by atoms with Crippen LogP contribution in [0.2, 0.25) is 0 Å². The molecule has 0 aromatic carbocycles. The van der Waals surface area contributed by atoms with E-state index >= 15 is 0 Å². The van der Waals surface area contributed by atoms with Crippen LogP contribution in [0.4, 0.5) is 0 Å². The molecule has 1 amide bonds. The van der Waals surface area contributed by atoms with Crippen molar-refractivity contribution in [2.24, 2.45) is 0 Å². The number of rotatable bonds is 3. The Bertz CT molecular complexity index is 231. The van der Waals surface area contributed by atoms with E-state index in [-0.39, 0.29) is 11.9 Å². The molecule has 0 bridgehead atoms. The van der Waals surface area contributed by atoms with Crippen LogP contribution in [0.3, 0.4) is 0 Å². The Labute approximate surface area is 95.8 Å². The molecular weight excluding hydrogens is 208 g/mol. The van der Waals surface area contributed by atoms with Gasteiger partial charge in [0.15, 0.2) is 0 Å². The van der Waals surface area contributed by atoms with Crippen LogP contribution < -0.4 is 10.6 Å². The summed E-state index contributed by atoms with van der Waals surface area (Å²) in [5, 5.41) is 7.06. The van der Waals surface area contributed by atoms with Crippen LogP contribution in [0.25, 0.3) is 0 Å². The van der Waals surface area contributed by atoms with E-state index in [2.05, 4.69) is 16.9 Å². The molecule has 1 heterocycles. The van der Waals surface area contributed by atoms with Crippen molar-refractivity contribution < 1.29 is 4.79 Å². The van der Waals surface area contributed by atoms with Crippen molar-refractivity contribution in [2.45, 2.75) is 49.4 Å². The fraction of sp³-hybridized carbons (Fsp3) is 0.909. The van der Waals surface area contributed by atoms with Gasteiger partial charge >= 0.3 is 0 Å². The van der Waals surface area contributed by atoms with Gasteiger partial charge in [-0.2, -0.15) is 11.8 Å². The van der Waals surface area contributed by atoms with E-state index in [4.69, 9.17) is 0 Å². The standard InChI is InChI=1S/C11H20N2OS/c1-15-9-4-2-3-8(7-9)13-11(14)10-5-6-12-10/h8-10,12H,2-7H2,1H3,(H,13,14)/t8?,9?,10-/m1/s1.